The smallest absolute Gasteiger partial charge is 0.191 e. The third-order valence-electron chi connectivity index (χ3n) is 3.59. The molecule has 25 heavy (non-hydrogen) atoms. The van der Waals surface area contributed by atoms with E-state index < -0.39 is 0 Å². The predicted molar refractivity (Wildman–Crippen MR) is 117 cm³/mol. The molecular formula is C18H27IN4OS. The highest BCUT2D eigenvalue weighted by molar-refractivity contribution is 14.0. The van der Waals surface area contributed by atoms with E-state index in [0.717, 1.165) is 30.6 Å². The average molecular weight is 474 g/mol. The van der Waals surface area contributed by atoms with Crippen LogP contribution in [0.15, 0.2) is 63.0 Å². The number of nitrogens with one attached hydrogen (secondary N) is 2. The van der Waals surface area contributed by atoms with E-state index in [1.807, 2.05) is 44.1 Å². The van der Waals surface area contributed by atoms with Gasteiger partial charge in [-0.15, -0.1) is 35.7 Å². The zero-order valence-electron chi connectivity index (χ0n) is 14.9. The minimum Gasteiger partial charge on any atom is -0.468 e. The fraction of sp³-hybridized carbons (Fsp3) is 0.389. The van der Waals surface area contributed by atoms with E-state index in [-0.39, 0.29) is 30.0 Å². The molecule has 0 radical (unpaired) electrons. The lowest BCUT2D eigenvalue weighted by atomic mass is 10.2. The van der Waals surface area contributed by atoms with Crippen molar-refractivity contribution in [1.29, 1.82) is 0 Å². The lowest BCUT2D eigenvalue weighted by molar-refractivity contribution is 0.258. The summed E-state index contributed by atoms with van der Waals surface area (Å²) in [7, 11) is 5.88. The molecule has 138 valence electrons. The minimum atomic E-state index is 0. The number of furan rings is 1. The average Bonchev–Trinajstić information content (AvgIpc) is 3.12. The van der Waals surface area contributed by atoms with Crippen molar-refractivity contribution in [3.63, 3.8) is 0 Å². The predicted octanol–water partition coefficient (Wildman–Crippen LogP) is 3.46. The number of halogens is 1. The van der Waals surface area contributed by atoms with E-state index in [0.29, 0.717) is 0 Å². The van der Waals surface area contributed by atoms with E-state index in [4.69, 9.17) is 4.42 Å². The van der Waals surface area contributed by atoms with E-state index >= 15 is 0 Å². The van der Waals surface area contributed by atoms with Gasteiger partial charge in [-0.2, -0.15) is 0 Å². The Morgan fingerprint density at radius 2 is 1.92 bits per heavy atom. The highest BCUT2D eigenvalue weighted by Gasteiger charge is 2.17. The largest absolute Gasteiger partial charge is 0.468 e. The molecule has 1 heterocycles. The molecule has 1 aromatic carbocycles. The van der Waals surface area contributed by atoms with Crippen molar-refractivity contribution in [3.05, 3.63) is 54.5 Å². The van der Waals surface area contributed by atoms with Gasteiger partial charge >= 0.3 is 0 Å². The van der Waals surface area contributed by atoms with Crippen molar-refractivity contribution in [2.75, 3.05) is 40.0 Å². The second-order valence-electron chi connectivity index (χ2n) is 5.54. The molecule has 0 aliphatic rings. The normalized spacial score (nSPS) is 12.6. The summed E-state index contributed by atoms with van der Waals surface area (Å²) in [6, 6.07) is 14.5. The Balaban J connectivity index is 0.00000312. The van der Waals surface area contributed by atoms with E-state index in [2.05, 4.69) is 44.8 Å². The number of guanidine groups is 1. The monoisotopic (exact) mass is 474 g/mol. The van der Waals surface area contributed by atoms with Gasteiger partial charge in [0.15, 0.2) is 5.96 Å². The summed E-state index contributed by atoms with van der Waals surface area (Å²) in [5.74, 6) is 2.74. The van der Waals surface area contributed by atoms with Crippen LogP contribution in [0.4, 0.5) is 0 Å². The van der Waals surface area contributed by atoms with Crippen LogP contribution in [0.2, 0.25) is 0 Å². The maximum atomic E-state index is 5.53. The highest BCUT2D eigenvalue weighted by Crippen LogP contribution is 2.17. The standard InChI is InChI=1S/C18H26N4OS.HI/c1-19-18(20-11-13-24-15-8-5-4-6-9-15)21-14-16(22(2)3)17-10-7-12-23-17;/h4-10,12,16H,11,13-14H2,1-3H3,(H2,19,20,21);1H. The summed E-state index contributed by atoms with van der Waals surface area (Å²) in [5, 5.41) is 6.71. The first-order valence-corrected chi connectivity index (χ1v) is 9.01. The van der Waals surface area contributed by atoms with Gasteiger partial charge in [0.1, 0.15) is 5.76 Å². The van der Waals surface area contributed by atoms with Crippen LogP contribution >= 0.6 is 35.7 Å². The fourth-order valence-electron chi connectivity index (χ4n) is 2.29. The third kappa shape index (κ3) is 7.70. The van der Waals surface area contributed by atoms with Crippen LogP contribution in [0.5, 0.6) is 0 Å². The number of hydrogen-bond acceptors (Lipinski definition) is 4. The molecule has 0 bridgehead atoms. The summed E-state index contributed by atoms with van der Waals surface area (Å²) < 4.78 is 5.53. The molecule has 2 aromatic rings. The Morgan fingerprint density at radius 3 is 2.52 bits per heavy atom. The number of nitrogens with zero attached hydrogens (tertiary/aromatic N) is 2. The molecule has 2 N–H and O–H groups in total. The van der Waals surface area contributed by atoms with Crippen LogP contribution < -0.4 is 10.6 Å². The summed E-state index contributed by atoms with van der Waals surface area (Å²) in [6.45, 7) is 1.58. The third-order valence-corrected chi connectivity index (χ3v) is 4.60. The Hall–Kier alpha value is -1.19. The molecule has 1 aromatic heterocycles. The van der Waals surface area contributed by atoms with E-state index in [1.54, 1.807) is 13.3 Å². The number of aliphatic imine (C=N–C) groups is 1. The van der Waals surface area contributed by atoms with Crippen molar-refractivity contribution >= 4 is 41.7 Å². The molecular weight excluding hydrogens is 447 g/mol. The van der Waals surface area contributed by atoms with Crippen LogP contribution in [0, 0.1) is 0 Å². The molecule has 1 unspecified atom stereocenters. The molecule has 2 rings (SSSR count). The maximum absolute atomic E-state index is 5.53. The van der Waals surface area contributed by atoms with Crippen molar-refractivity contribution in [3.8, 4) is 0 Å². The summed E-state index contributed by atoms with van der Waals surface area (Å²) in [5.41, 5.74) is 0. The highest BCUT2D eigenvalue weighted by atomic mass is 127. The first-order chi connectivity index (χ1) is 11.7. The maximum Gasteiger partial charge on any atom is 0.191 e. The van der Waals surface area contributed by atoms with Gasteiger partial charge in [0.25, 0.3) is 0 Å². The molecule has 5 nitrogen and oxygen atoms in total. The Bertz CT molecular complexity index is 605. The zero-order chi connectivity index (χ0) is 17.2. The molecule has 0 saturated carbocycles. The number of hydrogen-bond donors (Lipinski definition) is 2. The van der Waals surface area contributed by atoms with Crippen molar-refractivity contribution in [1.82, 2.24) is 15.5 Å². The second-order valence-corrected chi connectivity index (χ2v) is 6.70. The molecule has 0 amide bonds. The van der Waals surface area contributed by atoms with Crippen LogP contribution in [-0.4, -0.2) is 50.8 Å². The van der Waals surface area contributed by atoms with Crippen molar-refractivity contribution < 1.29 is 4.42 Å². The minimum absolute atomic E-state index is 0. The molecule has 0 aliphatic heterocycles. The van der Waals surface area contributed by atoms with Gasteiger partial charge in [0.05, 0.1) is 12.3 Å². The summed E-state index contributed by atoms with van der Waals surface area (Å²) in [6.07, 6.45) is 1.71. The second kappa shape index (κ2) is 12.2. The van der Waals surface area contributed by atoms with E-state index in [1.165, 1.54) is 4.90 Å². The molecule has 0 fully saturated rings. The van der Waals surface area contributed by atoms with Crippen LogP contribution in [0.3, 0.4) is 0 Å². The lowest BCUT2D eigenvalue weighted by Gasteiger charge is -2.23. The van der Waals surface area contributed by atoms with Gasteiger partial charge in [-0.1, -0.05) is 18.2 Å². The van der Waals surface area contributed by atoms with Gasteiger partial charge in [0, 0.05) is 30.8 Å². The SMILES string of the molecule is CN=C(NCCSc1ccccc1)NCC(c1ccco1)N(C)C.I. The summed E-state index contributed by atoms with van der Waals surface area (Å²) >= 11 is 1.83. The van der Waals surface area contributed by atoms with Gasteiger partial charge in [-0.25, -0.2) is 0 Å². The Kier molecular flexibility index (Phi) is 10.7. The fourth-order valence-corrected chi connectivity index (χ4v) is 3.08. The molecule has 0 aliphatic carbocycles. The first kappa shape index (κ1) is 21.9. The van der Waals surface area contributed by atoms with Gasteiger partial charge < -0.3 is 15.1 Å². The molecule has 1 atom stereocenters. The van der Waals surface area contributed by atoms with Gasteiger partial charge in [-0.3, -0.25) is 9.89 Å². The first-order valence-electron chi connectivity index (χ1n) is 8.03. The van der Waals surface area contributed by atoms with Crippen molar-refractivity contribution in [2.45, 2.75) is 10.9 Å². The number of thioether (sulfide) groups is 1. The van der Waals surface area contributed by atoms with Crippen LogP contribution in [0.25, 0.3) is 0 Å². The Morgan fingerprint density at radius 1 is 1.16 bits per heavy atom. The quantitative estimate of drug-likeness (QED) is 0.202. The summed E-state index contributed by atoms with van der Waals surface area (Å²) in [4.78, 5) is 7.70. The van der Waals surface area contributed by atoms with Gasteiger partial charge in [-0.05, 0) is 38.4 Å². The van der Waals surface area contributed by atoms with Crippen LogP contribution in [-0.2, 0) is 0 Å². The topological polar surface area (TPSA) is 52.8 Å². The number of rotatable bonds is 8. The molecule has 0 spiro atoms. The number of likely N-dealkylation sites (N-methyl/N-ethyl adjacent to an activating group) is 1. The van der Waals surface area contributed by atoms with Gasteiger partial charge in [0.2, 0.25) is 0 Å². The molecule has 7 heteroatoms. The molecule has 0 saturated heterocycles. The zero-order valence-corrected chi connectivity index (χ0v) is 18.1. The van der Waals surface area contributed by atoms with E-state index in [9.17, 15) is 0 Å². The van der Waals surface area contributed by atoms with Crippen molar-refractivity contribution in [2.24, 2.45) is 4.99 Å². The lowest BCUT2D eigenvalue weighted by Crippen LogP contribution is -2.42. The van der Waals surface area contributed by atoms with Crippen LogP contribution in [0.1, 0.15) is 11.8 Å². The number of benzene rings is 1. The Labute approximate surface area is 171 Å².